The summed E-state index contributed by atoms with van der Waals surface area (Å²) >= 11 is 0. The zero-order chi connectivity index (χ0) is 83.8. The van der Waals surface area contributed by atoms with Crippen molar-refractivity contribution in [2.45, 2.75) is 216 Å². The molecule has 16 heteroatoms. The highest BCUT2D eigenvalue weighted by atomic mass is 32.2. The fourth-order valence-corrected chi connectivity index (χ4v) is 29.3. The Morgan fingerprint density at radius 2 is 0.617 bits per heavy atom. The summed E-state index contributed by atoms with van der Waals surface area (Å²) in [6.07, 6.45) is 16.7. The molecule has 12 aromatic rings. The maximum absolute atomic E-state index is 13.0. The summed E-state index contributed by atoms with van der Waals surface area (Å²) in [5.74, 6) is 3.64. The van der Waals surface area contributed by atoms with E-state index in [1.807, 2.05) is 113 Å². The van der Waals surface area contributed by atoms with Crippen LogP contribution in [0.2, 0.25) is 0 Å². The van der Waals surface area contributed by atoms with Crippen LogP contribution in [-0.2, 0) is 82.3 Å². The molecule has 10 nitrogen and oxygen atoms in total. The summed E-state index contributed by atoms with van der Waals surface area (Å²) in [7, 11) is -7.34. The number of hydrogen-bond donors (Lipinski definition) is 0. The van der Waals surface area contributed by atoms with E-state index in [-0.39, 0.29) is 85.2 Å². The summed E-state index contributed by atoms with van der Waals surface area (Å²) in [5, 5.41) is -0.204. The minimum Gasteiger partial charge on any atom is -0.424 e. The highest BCUT2D eigenvalue weighted by molar-refractivity contribution is 7.98. The van der Waals surface area contributed by atoms with Gasteiger partial charge in [0.25, 0.3) is 0 Å². The summed E-state index contributed by atoms with van der Waals surface area (Å²) in [5.41, 5.74) is 3.57. The Morgan fingerprint density at radius 1 is 0.350 bits per heavy atom. The van der Waals surface area contributed by atoms with Crippen molar-refractivity contribution >= 4 is 75.2 Å². The van der Waals surface area contributed by atoms with E-state index in [0.717, 1.165) is 88.8 Å². The zero-order valence-electron chi connectivity index (χ0n) is 69.8. The summed E-state index contributed by atoms with van der Waals surface area (Å²) < 4.78 is 73.3. The Labute approximate surface area is 723 Å². The molecule has 0 amide bonds. The van der Waals surface area contributed by atoms with Gasteiger partial charge in [0, 0.05) is 30.5 Å². The third kappa shape index (κ3) is 21.3. The van der Waals surface area contributed by atoms with Crippen LogP contribution >= 0.6 is 0 Å². The molecule has 0 N–H and O–H groups in total. The second-order valence-corrected chi connectivity index (χ2v) is 44.8. The minimum atomic E-state index is -3.21. The van der Waals surface area contributed by atoms with Crippen molar-refractivity contribution in [1.29, 1.82) is 0 Å². The van der Waals surface area contributed by atoms with Crippen molar-refractivity contribution in [3.05, 3.63) is 338 Å². The number of carbonyl (C=O) groups is 2. The Morgan fingerprint density at radius 3 is 0.900 bits per heavy atom. The van der Waals surface area contributed by atoms with Gasteiger partial charge in [-0.25, -0.2) is 26.4 Å². The zero-order valence-corrected chi connectivity index (χ0v) is 74.7. The van der Waals surface area contributed by atoms with E-state index in [1.54, 1.807) is 24.3 Å². The van der Waals surface area contributed by atoms with Crippen LogP contribution in [-0.4, -0.2) is 64.7 Å². The Balaban J connectivity index is 0.000000133. The first kappa shape index (κ1) is 87.2. The molecule has 6 aliphatic rings. The molecule has 0 atom stereocenters. The number of rotatable bonds is 24. The quantitative estimate of drug-likeness (QED) is 0.0326. The molecule has 6 fully saturated rings. The first-order chi connectivity index (χ1) is 58.1. The first-order valence-electron chi connectivity index (χ1n) is 42.1. The molecule has 120 heavy (non-hydrogen) atoms. The molecule has 4 bridgehead atoms. The van der Waals surface area contributed by atoms with E-state index >= 15 is 0 Å². The van der Waals surface area contributed by atoms with Gasteiger partial charge in [0.1, 0.15) is 24.7 Å². The lowest BCUT2D eigenvalue weighted by Gasteiger charge is -2.59. The molecule has 0 spiro atoms. The number of esters is 2. The van der Waals surface area contributed by atoms with E-state index in [2.05, 4.69) is 220 Å². The third-order valence-electron chi connectivity index (χ3n) is 24.1. The molecule has 6 aliphatic carbocycles. The number of benzene rings is 12. The summed E-state index contributed by atoms with van der Waals surface area (Å²) in [6.45, 7) is 12.5. The Bertz CT molecular complexity index is 5350. The topological polar surface area (TPSA) is 139 Å². The van der Waals surface area contributed by atoms with E-state index in [9.17, 15) is 26.4 Å². The standard InChI is InChI=1S/C33H37O3S.C29H33O3S.C23H23O2S2.C19H17O2S2/c1-22-14-30(37(28-10-6-4-7-11-28)29-12-8-5-9-13-29)15-23(2)32(22)36-31(34)21-35-33(3)26-17-24-16-25(19-26)20-27(33)18-24;1-4-29(17-11-12-18-29)31-21-27(30)32-28-22(2)19-26(20-23(28)3)33(24-13-7-5-8-14-24)25-15-9-6-10-16-25;24-27(25,22-13-7-8-14-22)23-17-15-21(16-18-23)26(19-9-3-1-4-10-19)20-11-5-2-6-12-20;1-23(20,21)19-14-12-18(13-15-19)22(16-8-4-2-5-9-16)17-10-6-3-7-11-17/h4-15,24-27H,16-21H2,1-3H3;5-10,13-16,19-20H,4,11-12,17-18,21H2,1-3H3;1-6,9-12,15-18,22H,7-8,13-14H2;2-15H,1H3/q4*+1. The van der Waals surface area contributed by atoms with E-state index in [1.165, 1.54) is 100 Å². The molecule has 0 unspecified atom stereocenters. The van der Waals surface area contributed by atoms with Gasteiger partial charge in [-0.05, 0) is 290 Å². The lowest BCUT2D eigenvalue weighted by atomic mass is 9.50. The van der Waals surface area contributed by atoms with Gasteiger partial charge >= 0.3 is 11.9 Å². The normalized spacial score (nSPS) is 18.4. The van der Waals surface area contributed by atoms with Gasteiger partial charge in [0.2, 0.25) is 0 Å². The molecule has 0 saturated heterocycles. The van der Waals surface area contributed by atoms with Crippen molar-refractivity contribution in [2.24, 2.45) is 23.7 Å². The van der Waals surface area contributed by atoms with Crippen molar-refractivity contribution in [3.63, 3.8) is 0 Å². The second kappa shape index (κ2) is 40.2. The smallest absolute Gasteiger partial charge is 0.337 e. The van der Waals surface area contributed by atoms with Crippen molar-refractivity contribution in [2.75, 3.05) is 19.5 Å². The maximum atomic E-state index is 13.0. The largest absolute Gasteiger partial charge is 0.424 e. The van der Waals surface area contributed by atoms with Crippen molar-refractivity contribution in [1.82, 2.24) is 0 Å². The average molecular weight is 1710 g/mol. The Kier molecular flexibility index (Phi) is 29.2. The number of ether oxygens (including phenoxy) is 4. The minimum absolute atomic E-state index is 0.00682. The van der Waals surface area contributed by atoms with Crippen LogP contribution in [0, 0.1) is 51.4 Å². The molecule has 0 radical (unpaired) electrons. The molecule has 0 aliphatic heterocycles. The Hall–Kier alpha value is -9.20. The average Bonchev–Trinajstić information content (AvgIpc) is 0.849. The SMILES string of the molecule is CCC1(OCC(=O)Oc2c(C)cc([S+](c3ccccc3)c3ccccc3)cc2C)CCCC1.CS(=O)(=O)c1ccc([S+](c2ccccc2)c2ccccc2)cc1.Cc1cc([S+](c2ccccc2)c2ccccc2)cc(C)c1OC(=O)COC1(C)C2CC3CC(C2)CC1C3.O=S(=O)(c1ccc([S+](c2ccccc2)c2ccccc2)cc1)C1CCCC1. The number of carbonyl (C=O) groups excluding carboxylic acids is 2. The first-order valence-corrected chi connectivity index (χ1v) is 50.4. The second-order valence-electron chi connectivity index (χ2n) is 32.4. The number of aryl methyl sites for hydroxylation is 4. The van der Waals surface area contributed by atoms with Crippen LogP contribution in [0.4, 0.5) is 0 Å². The molecule has 618 valence electrons. The van der Waals surface area contributed by atoms with Gasteiger partial charge in [-0.15, -0.1) is 0 Å². The lowest BCUT2D eigenvalue weighted by molar-refractivity contribution is -0.199. The highest BCUT2D eigenvalue weighted by Gasteiger charge is 2.56. The van der Waals surface area contributed by atoms with Gasteiger partial charge < -0.3 is 18.9 Å². The highest BCUT2D eigenvalue weighted by Crippen LogP contribution is 2.59. The fourth-order valence-electron chi connectivity index (χ4n) is 18.1. The molecule has 0 heterocycles. The van der Waals surface area contributed by atoms with Crippen LogP contribution in [0.25, 0.3) is 0 Å². The molecule has 0 aromatic heterocycles. The molecular weight excluding hydrogens is 1600 g/mol. The lowest BCUT2D eigenvalue weighted by Crippen LogP contribution is -2.57. The van der Waals surface area contributed by atoms with Crippen LogP contribution < -0.4 is 9.47 Å². The molecule has 6 saturated carbocycles. The molecular formula is C104H110O10S6+4. The van der Waals surface area contributed by atoms with Crippen LogP contribution in [0.15, 0.2) is 384 Å². The van der Waals surface area contributed by atoms with Crippen LogP contribution in [0.1, 0.15) is 126 Å². The van der Waals surface area contributed by atoms with Gasteiger partial charge in [0.05, 0.1) is 69.8 Å². The van der Waals surface area contributed by atoms with Crippen LogP contribution in [0.5, 0.6) is 11.5 Å². The van der Waals surface area contributed by atoms with Gasteiger partial charge in [-0.1, -0.05) is 178 Å². The molecule has 18 rings (SSSR count). The van der Waals surface area contributed by atoms with Crippen LogP contribution in [0.3, 0.4) is 0 Å². The summed E-state index contributed by atoms with van der Waals surface area (Å²) in [6, 6.07) is 107. The van der Waals surface area contributed by atoms with E-state index in [4.69, 9.17) is 18.9 Å². The van der Waals surface area contributed by atoms with E-state index in [0.29, 0.717) is 33.1 Å². The predicted octanol–water partition coefficient (Wildman–Crippen LogP) is 24.3. The van der Waals surface area contributed by atoms with Crippen molar-refractivity contribution < 1.29 is 45.4 Å². The third-order valence-corrected chi connectivity index (χ3v) is 36.4. The fraction of sp³-hybridized carbons (Fsp3) is 0.288. The van der Waals surface area contributed by atoms with Gasteiger partial charge in [-0.2, -0.15) is 0 Å². The summed E-state index contributed by atoms with van der Waals surface area (Å²) in [4.78, 5) is 41.1. The molecule has 12 aromatic carbocycles. The number of sulfone groups is 2. The van der Waals surface area contributed by atoms with Crippen molar-refractivity contribution in [3.8, 4) is 11.5 Å². The number of hydrogen-bond acceptors (Lipinski definition) is 10. The monoisotopic (exact) mass is 1710 g/mol. The van der Waals surface area contributed by atoms with Gasteiger partial charge in [-0.3, -0.25) is 0 Å². The van der Waals surface area contributed by atoms with Gasteiger partial charge in [0.15, 0.2) is 78.4 Å². The maximum Gasteiger partial charge on any atom is 0.337 e. The predicted molar refractivity (Wildman–Crippen MR) is 488 cm³/mol. The van der Waals surface area contributed by atoms with E-state index < -0.39 is 19.7 Å².